The third-order valence-corrected chi connectivity index (χ3v) is 3.73. The van der Waals surface area contributed by atoms with Gasteiger partial charge in [0.2, 0.25) is 0 Å². The van der Waals surface area contributed by atoms with Crippen molar-refractivity contribution in [2.75, 3.05) is 0 Å². The summed E-state index contributed by atoms with van der Waals surface area (Å²) < 4.78 is 0. The van der Waals surface area contributed by atoms with Gasteiger partial charge in [-0.3, -0.25) is 0 Å². The first kappa shape index (κ1) is 15.0. The number of aliphatic hydroxyl groups is 1. The number of aliphatic hydroxyl groups excluding tert-OH is 1. The molecule has 0 aliphatic heterocycles. The Kier molecular flexibility index (Phi) is 4.44. The maximum absolute atomic E-state index is 10.3. The number of hydrogen-bond acceptors (Lipinski definition) is 1. The normalized spacial score (nSPS) is 19.8. The highest BCUT2D eigenvalue weighted by molar-refractivity contribution is 4.94. The summed E-state index contributed by atoms with van der Waals surface area (Å²) in [5.74, 6) is 0. The maximum atomic E-state index is 10.3. The van der Waals surface area contributed by atoms with Crippen LogP contribution in [0.15, 0.2) is 0 Å². The topological polar surface area (TPSA) is 20.2 Å². The van der Waals surface area contributed by atoms with Crippen LogP contribution in [0.4, 0.5) is 0 Å². The largest absolute Gasteiger partial charge is 0.393 e. The Morgan fingerprint density at radius 3 is 1.53 bits per heavy atom. The third kappa shape index (κ3) is 3.79. The standard InChI is InChI=1S/C14H30O/c1-9-11(15)14(8,13(5,6)7)10-12(2,3)4/h11,15H,9-10H2,1-8H3. The molecule has 0 rings (SSSR count). The van der Waals surface area contributed by atoms with Crippen molar-refractivity contribution in [2.24, 2.45) is 16.2 Å². The van der Waals surface area contributed by atoms with Crippen molar-refractivity contribution >= 4 is 0 Å². The number of rotatable bonds is 3. The Hall–Kier alpha value is -0.0400. The van der Waals surface area contributed by atoms with Gasteiger partial charge in [-0.1, -0.05) is 55.4 Å². The van der Waals surface area contributed by atoms with Crippen LogP contribution in [0.3, 0.4) is 0 Å². The van der Waals surface area contributed by atoms with E-state index in [4.69, 9.17) is 0 Å². The SMILES string of the molecule is CCC(O)C(C)(CC(C)(C)C)C(C)(C)C. The molecule has 92 valence electrons. The van der Waals surface area contributed by atoms with Crippen molar-refractivity contribution in [1.82, 2.24) is 0 Å². The predicted octanol–water partition coefficient (Wildman–Crippen LogP) is 4.25. The molecule has 15 heavy (non-hydrogen) atoms. The van der Waals surface area contributed by atoms with E-state index in [9.17, 15) is 5.11 Å². The highest BCUT2D eigenvalue weighted by Gasteiger charge is 2.44. The van der Waals surface area contributed by atoms with Crippen LogP contribution in [0.2, 0.25) is 0 Å². The average molecular weight is 214 g/mol. The highest BCUT2D eigenvalue weighted by Crippen LogP contribution is 2.49. The van der Waals surface area contributed by atoms with Gasteiger partial charge in [-0.05, 0) is 29.1 Å². The van der Waals surface area contributed by atoms with Crippen molar-refractivity contribution in [2.45, 2.75) is 74.3 Å². The van der Waals surface area contributed by atoms with Gasteiger partial charge in [-0.2, -0.15) is 0 Å². The van der Waals surface area contributed by atoms with Crippen molar-refractivity contribution in [1.29, 1.82) is 0 Å². The summed E-state index contributed by atoms with van der Waals surface area (Å²) in [6.07, 6.45) is 1.68. The van der Waals surface area contributed by atoms with Crippen molar-refractivity contribution in [3.05, 3.63) is 0 Å². The summed E-state index contributed by atoms with van der Waals surface area (Å²) in [6.45, 7) is 17.7. The Labute approximate surface area is 96.3 Å². The Morgan fingerprint density at radius 1 is 0.933 bits per heavy atom. The summed E-state index contributed by atoms with van der Waals surface area (Å²) in [4.78, 5) is 0. The third-order valence-electron chi connectivity index (χ3n) is 3.73. The van der Waals surface area contributed by atoms with Gasteiger partial charge in [0.25, 0.3) is 0 Å². The van der Waals surface area contributed by atoms with E-state index in [-0.39, 0.29) is 22.3 Å². The molecule has 0 aromatic carbocycles. The fourth-order valence-corrected chi connectivity index (χ4v) is 2.44. The summed E-state index contributed by atoms with van der Waals surface area (Å²) in [7, 11) is 0. The molecule has 0 saturated heterocycles. The van der Waals surface area contributed by atoms with Gasteiger partial charge in [0, 0.05) is 0 Å². The highest BCUT2D eigenvalue weighted by atomic mass is 16.3. The van der Waals surface area contributed by atoms with Crippen LogP contribution in [-0.2, 0) is 0 Å². The van der Waals surface area contributed by atoms with Crippen molar-refractivity contribution < 1.29 is 5.11 Å². The maximum Gasteiger partial charge on any atom is 0.0596 e. The fraction of sp³-hybridized carbons (Fsp3) is 1.00. The van der Waals surface area contributed by atoms with Gasteiger partial charge in [-0.25, -0.2) is 0 Å². The van der Waals surface area contributed by atoms with Crippen LogP contribution < -0.4 is 0 Å². The van der Waals surface area contributed by atoms with E-state index in [1.165, 1.54) is 0 Å². The molecule has 0 spiro atoms. The van der Waals surface area contributed by atoms with Gasteiger partial charge in [0.15, 0.2) is 0 Å². The van der Waals surface area contributed by atoms with E-state index in [0.717, 1.165) is 12.8 Å². The Bertz CT molecular complexity index is 194. The van der Waals surface area contributed by atoms with Crippen molar-refractivity contribution in [3.63, 3.8) is 0 Å². The fourth-order valence-electron chi connectivity index (χ4n) is 2.44. The van der Waals surface area contributed by atoms with Gasteiger partial charge >= 0.3 is 0 Å². The van der Waals surface area contributed by atoms with E-state index in [1.54, 1.807) is 0 Å². The summed E-state index contributed by atoms with van der Waals surface area (Å²) in [5, 5.41) is 10.3. The molecule has 0 aliphatic carbocycles. The summed E-state index contributed by atoms with van der Waals surface area (Å²) >= 11 is 0. The van der Waals surface area contributed by atoms with E-state index >= 15 is 0 Å². The molecule has 0 amide bonds. The van der Waals surface area contributed by atoms with Gasteiger partial charge in [0.1, 0.15) is 0 Å². The van der Waals surface area contributed by atoms with Crippen LogP contribution in [0, 0.1) is 16.2 Å². The molecule has 0 saturated carbocycles. The van der Waals surface area contributed by atoms with Crippen LogP contribution in [0.1, 0.15) is 68.2 Å². The second kappa shape index (κ2) is 4.45. The lowest BCUT2D eigenvalue weighted by Gasteiger charge is -2.48. The molecule has 0 aliphatic rings. The minimum Gasteiger partial charge on any atom is -0.393 e. The summed E-state index contributed by atoms with van der Waals surface area (Å²) in [6, 6.07) is 0. The molecule has 1 nitrogen and oxygen atoms in total. The molecule has 0 aromatic rings. The second-order valence-corrected chi connectivity index (χ2v) is 7.33. The van der Waals surface area contributed by atoms with Crippen LogP contribution >= 0.6 is 0 Å². The first-order chi connectivity index (χ1) is 6.44. The Balaban J connectivity index is 5.05. The molecular formula is C14H30O. The Morgan fingerprint density at radius 2 is 1.33 bits per heavy atom. The van der Waals surface area contributed by atoms with Gasteiger partial charge in [0.05, 0.1) is 6.10 Å². The average Bonchev–Trinajstić information content (AvgIpc) is 1.97. The zero-order valence-corrected chi connectivity index (χ0v) is 11.9. The molecule has 0 aromatic heterocycles. The van der Waals surface area contributed by atoms with Gasteiger partial charge in [-0.15, -0.1) is 0 Å². The lowest BCUT2D eigenvalue weighted by atomic mass is 9.58. The van der Waals surface area contributed by atoms with Crippen molar-refractivity contribution in [3.8, 4) is 0 Å². The zero-order chi connectivity index (χ0) is 12.5. The molecule has 2 atom stereocenters. The molecular weight excluding hydrogens is 184 g/mol. The minimum atomic E-state index is -0.211. The van der Waals surface area contributed by atoms with E-state index < -0.39 is 0 Å². The molecule has 0 fully saturated rings. The predicted molar refractivity (Wildman–Crippen MR) is 67.9 cm³/mol. The van der Waals surface area contributed by atoms with E-state index in [0.29, 0.717) is 0 Å². The van der Waals surface area contributed by atoms with Crippen LogP contribution in [0.25, 0.3) is 0 Å². The lowest BCUT2D eigenvalue weighted by molar-refractivity contribution is -0.0683. The van der Waals surface area contributed by atoms with E-state index in [1.807, 2.05) is 0 Å². The second-order valence-electron chi connectivity index (χ2n) is 7.33. The monoisotopic (exact) mass is 214 g/mol. The smallest absolute Gasteiger partial charge is 0.0596 e. The van der Waals surface area contributed by atoms with Crippen LogP contribution in [-0.4, -0.2) is 11.2 Å². The number of hydrogen-bond donors (Lipinski definition) is 1. The quantitative estimate of drug-likeness (QED) is 0.745. The summed E-state index contributed by atoms with van der Waals surface area (Å²) in [5.41, 5.74) is 0.383. The molecule has 1 N–H and O–H groups in total. The molecule has 2 unspecified atom stereocenters. The van der Waals surface area contributed by atoms with Gasteiger partial charge < -0.3 is 5.11 Å². The first-order valence-corrected chi connectivity index (χ1v) is 6.12. The van der Waals surface area contributed by atoms with Crippen LogP contribution in [0.5, 0.6) is 0 Å². The zero-order valence-electron chi connectivity index (χ0n) is 11.9. The molecule has 0 bridgehead atoms. The first-order valence-electron chi connectivity index (χ1n) is 6.12. The minimum absolute atomic E-state index is 0.0139. The van der Waals surface area contributed by atoms with E-state index in [2.05, 4.69) is 55.4 Å². The molecule has 0 radical (unpaired) electrons. The molecule has 0 heterocycles. The molecule has 1 heteroatoms. The lowest BCUT2D eigenvalue weighted by Crippen LogP contribution is -2.45.